The second kappa shape index (κ2) is 12.0. The molecule has 6 nitrogen and oxygen atoms in total. The quantitative estimate of drug-likeness (QED) is 0.605. The number of rotatable bonds is 10. The van der Waals surface area contributed by atoms with Gasteiger partial charge in [0.2, 0.25) is 0 Å². The first kappa shape index (κ1) is 22.6. The molecule has 148 valence electrons. The summed E-state index contributed by atoms with van der Waals surface area (Å²) in [6.45, 7) is 5.36. The minimum Gasteiger partial charge on any atom is -0.490 e. The third kappa shape index (κ3) is 7.37. The fraction of sp³-hybridized carbons (Fsp3) is 0.350. The van der Waals surface area contributed by atoms with Crippen LogP contribution >= 0.6 is 12.4 Å². The number of hydrogen-bond acceptors (Lipinski definition) is 5. The first-order valence-corrected chi connectivity index (χ1v) is 8.72. The smallest absolute Gasteiger partial charge is 0.251 e. The second-order valence-corrected chi connectivity index (χ2v) is 5.71. The molecular weight excluding hydrogens is 368 g/mol. The molecule has 0 spiro atoms. The maximum absolute atomic E-state index is 12.2. The van der Waals surface area contributed by atoms with Gasteiger partial charge in [0.1, 0.15) is 19.0 Å². The van der Waals surface area contributed by atoms with Gasteiger partial charge in [-0.25, -0.2) is 0 Å². The van der Waals surface area contributed by atoms with Crippen molar-refractivity contribution in [3.8, 4) is 17.2 Å². The Labute approximate surface area is 166 Å². The zero-order chi connectivity index (χ0) is 18.8. The summed E-state index contributed by atoms with van der Waals surface area (Å²) in [7, 11) is 0. The third-order valence-electron chi connectivity index (χ3n) is 3.59. The topological polar surface area (TPSA) is 82.8 Å². The van der Waals surface area contributed by atoms with Crippen molar-refractivity contribution in [3.63, 3.8) is 0 Å². The molecule has 27 heavy (non-hydrogen) atoms. The number of hydrogen-bond donors (Lipinski definition) is 2. The maximum atomic E-state index is 12.2. The lowest BCUT2D eigenvalue weighted by atomic mass is 10.1. The van der Waals surface area contributed by atoms with Gasteiger partial charge in [-0.15, -0.1) is 12.4 Å². The number of nitrogens with one attached hydrogen (secondary N) is 1. The van der Waals surface area contributed by atoms with Gasteiger partial charge in [0.15, 0.2) is 11.5 Å². The maximum Gasteiger partial charge on any atom is 0.251 e. The molecular formula is C20H27ClN2O4. The van der Waals surface area contributed by atoms with Crippen LogP contribution in [0.2, 0.25) is 0 Å². The summed E-state index contributed by atoms with van der Waals surface area (Å²) in [4.78, 5) is 12.2. The molecule has 0 bridgehead atoms. The van der Waals surface area contributed by atoms with Crippen molar-refractivity contribution >= 4 is 18.3 Å². The summed E-state index contributed by atoms with van der Waals surface area (Å²) < 4.78 is 17.0. The van der Waals surface area contributed by atoms with E-state index >= 15 is 0 Å². The highest BCUT2D eigenvalue weighted by Crippen LogP contribution is 2.28. The number of carbonyl (C=O) groups excluding carboxylic acids is 1. The van der Waals surface area contributed by atoms with E-state index in [9.17, 15) is 4.79 Å². The molecule has 0 aromatic heterocycles. The monoisotopic (exact) mass is 394 g/mol. The molecule has 0 aliphatic rings. The Balaban J connectivity index is 0.00000364. The van der Waals surface area contributed by atoms with Crippen molar-refractivity contribution in [3.05, 3.63) is 54.1 Å². The van der Waals surface area contributed by atoms with Crippen molar-refractivity contribution < 1.29 is 19.0 Å². The Hall–Kier alpha value is -2.44. The molecule has 0 saturated carbocycles. The molecule has 2 aromatic carbocycles. The lowest BCUT2D eigenvalue weighted by Crippen LogP contribution is -2.37. The highest BCUT2D eigenvalue weighted by molar-refractivity contribution is 5.95. The van der Waals surface area contributed by atoms with Crippen LogP contribution in [0.15, 0.2) is 48.5 Å². The van der Waals surface area contributed by atoms with Crippen molar-refractivity contribution in [2.75, 3.05) is 26.4 Å². The molecule has 3 N–H and O–H groups in total. The van der Waals surface area contributed by atoms with Gasteiger partial charge in [0, 0.05) is 18.2 Å². The number of halogens is 1. The van der Waals surface area contributed by atoms with Crippen LogP contribution in [0, 0.1) is 0 Å². The fourth-order valence-corrected chi connectivity index (χ4v) is 2.23. The van der Waals surface area contributed by atoms with E-state index in [1.165, 1.54) is 0 Å². The van der Waals surface area contributed by atoms with Crippen molar-refractivity contribution in [2.24, 2.45) is 5.73 Å². The number of nitrogens with two attached hydrogens (primary N) is 1. The summed E-state index contributed by atoms with van der Waals surface area (Å²) in [5.74, 6) is 1.71. The summed E-state index contributed by atoms with van der Waals surface area (Å²) in [5.41, 5.74) is 6.04. The zero-order valence-corrected chi connectivity index (χ0v) is 16.5. The average Bonchev–Trinajstić information content (AvgIpc) is 2.67. The molecule has 0 radical (unpaired) electrons. The normalized spacial score (nSPS) is 11.1. The van der Waals surface area contributed by atoms with E-state index in [4.69, 9.17) is 19.9 Å². The fourth-order valence-electron chi connectivity index (χ4n) is 2.23. The van der Waals surface area contributed by atoms with Crippen LogP contribution in [0.4, 0.5) is 0 Å². The van der Waals surface area contributed by atoms with Crippen LogP contribution in [0.3, 0.4) is 0 Å². The standard InChI is InChI=1S/C20H26N2O4.ClH/c1-3-24-19-13-16(20(23)22-15(2)14-21)9-10-18(19)26-12-11-25-17-7-5-4-6-8-17;/h4-10,13,15H,3,11-12,14,21H2,1-2H3,(H,22,23);1H/t15-;/m0./s1. The first-order valence-electron chi connectivity index (χ1n) is 8.72. The van der Waals surface area contributed by atoms with Gasteiger partial charge in [0.05, 0.1) is 6.61 Å². The summed E-state index contributed by atoms with van der Waals surface area (Å²) in [5, 5.41) is 2.82. The minimum absolute atomic E-state index is 0. The van der Waals surface area contributed by atoms with E-state index in [2.05, 4.69) is 5.32 Å². The Morgan fingerprint density at radius 2 is 1.74 bits per heavy atom. The van der Waals surface area contributed by atoms with Gasteiger partial charge in [-0.1, -0.05) is 18.2 Å². The van der Waals surface area contributed by atoms with Crippen LogP contribution in [0.5, 0.6) is 17.2 Å². The molecule has 0 aliphatic heterocycles. The lowest BCUT2D eigenvalue weighted by Gasteiger charge is -2.15. The molecule has 2 rings (SSSR count). The zero-order valence-electron chi connectivity index (χ0n) is 15.6. The first-order chi connectivity index (χ1) is 12.6. The summed E-state index contributed by atoms with van der Waals surface area (Å²) >= 11 is 0. The van der Waals surface area contributed by atoms with E-state index in [1.807, 2.05) is 44.2 Å². The minimum atomic E-state index is -0.192. The number of amides is 1. The molecule has 0 unspecified atom stereocenters. The summed E-state index contributed by atoms with van der Waals surface area (Å²) in [6, 6.07) is 14.6. The van der Waals surface area contributed by atoms with Gasteiger partial charge in [0.25, 0.3) is 5.91 Å². The van der Waals surface area contributed by atoms with Gasteiger partial charge < -0.3 is 25.3 Å². The van der Waals surface area contributed by atoms with Crippen molar-refractivity contribution in [1.82, 2.24) is 5.32 Å². The number of benzene rings is 2. The molecule has 2 aromatic rings. The van der Waals surface area contributed by atoms with E-state index in [0.29, 0.717) is 43.4 Å². The van der Waals surface area contributed by atoms with Crippen LogP contribution in [0.1, 0.15) is 24.2 Å². The molecule has 0 saturated heterocycles. The number of carbonyl (C=O) groups is 1. The molecule has 0 fully saturated rings. The Morgan fingerprint density at radius 3 is 2.41 bits per heavy atom. The van der Waals surface area contributed by atoms with E-state index in [-0.39, 0.29) is 24.4 Å². The van der Waals surface area contributed by atoms with Gasteiger partial charge in [-0.05, 0) is 44.2 Å². The Kier molecular flexibility index (Phi) is 10.1. The number of para-hydroxylation sites is 1. The molecule has 0 heterocycles. The predicted molar refractivity (Wildman–Crippen MR) is 108 cm³/mol. The molecule has 7 heteroatoms. The van der Waals surface area contributed by atoms with Crippen LogP contribution < -0.4 is 25.3 Å². The second-order valence-electron chi connectivity index (χ2n) is 5.71. The van der Waals surface area contributed by atoms with Crippen molar-refractivity contribution in [2.45, 2.75) is 19.9 Å². The Bertz CT molecular complexity index is 698. The molecule has 0 aliphatic carbocycles. The third-order valence-corrected chi connectivity index (χ3v) is 3.59. The van der Waals surface area contributed by atoms with Crippen LogP contribution in [-0.2, 0) is 0 Å². The van der Waals surface area contributed by atoms with Gasteiger partial charge in [-0.3, -0.25) is 4.79 Å². The van der Waals surface area contributed by atoms with Crippen molar-refractivity contribution in [1.29, 1.82) is 0 Å². The highest BCUT2D eigenvalue weighted by Gasteiger charge is 2.13. The van der Waals surface area contributed by atoms with Crippen LogP contribution in [-0.4, -0.2) is 38.3 Å². The highest BCUT2D eigenvalue weighted by atomic mass is 35.5. The van der Waals surface area contributed by atoms with E-state index in [0.717, 1.165) is 5.75 Å². The SMILES string of the molecule is CCOc1cc(C(=O)N[C@@H](C)CN)ccc1OCCOc1ccccc1.Cl. The largest absolute Gasteiger partial charge is 0.490 e. The van der Waals surface area contributed by atoms with Gasteiger partial charge in [-0.2, -0.15) is 0 Å². The summed E-state index contributed by atoms with van der Waals surface area (Å²) in [6.07, 6.45) is 0. The molecule has 1 amide bonds. The van der Waals surface area contributed by atoms with Crippen LogP contribution in [0.25, 0.3) is 0 Å². The predicted octanol–water partition coefficient (Wildman–Crippen LogP) is 3.04. The molecule has 1 atom stereocenters. The average molecular weight is 395 g/mol. The lowest BCUT2D eigenvalue weighted by molar-refractivity contribution is 0.0940. The van der Waals surface area contributed by atoms with Gasteiger partial charge >= 0.3 is 0 Å². The number of ether oxygens (including phenoxy) is 3. The Morgan fingerprint density at radius 1 is 1.04 bits per heavy atom. The van der Waals surface area contributed by atoms with E-state index < -0.39 is 0 Å². The van der Waals surface area contributed by atoms with E-state index in [1.54, 1.807) is 18.2 Å².